The van der Waals surface area contributed by atoms with Gasteiger partial charge in [0.25, 0.3) is 0 Å². The summed E-state index contributed by atoms with van der Waals surface area (Å²) in [7, 11) is 0. The van der Waals surface area contributed by atoms with Gasteiger partial charge >= 0.3 is 0 Å². The highest BCUT2D eigenvalue weighted by Crippen LogP contribution is 2.15. The van der Waals surface area contributed by atoms with Gasteiger partial charge in [-0.05, 0) is 32.4 Å². The van der Waals surface area contributed by atoms with Gasteiger partial charge in [0.1, 0.15) is 5.82 Å². The molecule has 0 radical (unpaired) electrons. The largest absolute Gasteiger partial charge is 0.389 e. The predicted octanol–water partition coefficient (Wildman–Crippen LogP) is 2.03. The Morgan fingerprint density at radius 3 is 2.62 bits per heavy atom. The Morgan fingerprint density at radius 2 is 2.19 bits per heavy atom. The normalized spacial score (nSPS) is 13.8. The number of aliphatic hydroxyl groups is 1. The molecule has 16 heavy (non-hydrogen) atoms. The van der Waals surface area contributed by atoms with E-state index in [9.17, 15) is 9.50 Å². The molecule has 3 nitrogen and oxygen atoms in total. The van der Waals surface area contributed by atoms with Crippen molar-refractivity contribution in [1.29, 1.82) is 0 Å². The summed E-state index contributed by atoms with van der Waals surface area (Å²) >= 11 is 0. The first-order valence-corrected chi connectivity index (χ1v) is 5.49. The second-order valence-corrected chi connectivity index (χ2v) is 4.56. The molecule has 0 aliphatic rings. The van der Waals surface area contributed by atoms with Crippen LogP contribution in [0.1, 0.15) is 38.9 Å². The lowest BCUT2D eigenvalue weighted by atomic mass is 10.1. The molecule has 1 atom stereocenters. The van der Waals surface area contributed by atoms with Gasteiger partial charge in [-0.25, -0.2) is 4.39 Å². The van der Waals surface area contributed by atoms with Crippen molar-refractivity contribution >= 4 is 0 Å². The van der Waals surface area contributed by atoms with Crippen LogP contribution < -0.4 is 5.32 Å². The second-order valence-electron chi connectivity index (χ2n) is 4.56. The van der Waals surface area contributed by atoms with E-state index in [0.29, 0.717) is 6.54 Å². The molecule has 0 aliphatic heterocycles. The number of nitrogens with one attached hydrogen (secondary N) is 1. The Balaban J connectivity index is 2.64. The van der Waals surface area contributed by atoms with Gasteiger partial charge in [0.15, 0.2) is 0 Å². The van der Waals surface area contributed by atoms with Crippen LogP contribution in [0.2, 0.25) is 0 Å². The Bertz CT molecular complexity index is 319. The lowest BCUT2D eigenvalue weighted by molar-refractivity contribution is 0.0760. The number of hydrogen-bond donors (Lipinski definition) is 2. The summed E-state index contributed by atoms with van der Waals surface area (Å²) in [6.07, 6.45) is 2.05. The van der Waals surface area contributed by atoms with Crippen LogP contribution in [0.4, 0.5) is 4.39 Å². The molecule has 4 heteroatoms. The third-order valence-corrected chi connectivity index (χ3v) is 2.30. The Morgan fingerprint density at radius 1 is 1.50 bits per heavy atom. The molecule has 0 aromatic carbocycles. The number of pyridine rings is 1. The van der Waals surface area contributed by atoms with Gasteiger partial charge < -0.3 is 10.4 Å². The number of halogens is 1. The maximum Gasteiger partial charge on any atom is 0.141 e. The van der Waals surface area contributed by atoms with Gasteiger partial charge in [0.05, 0.1) is 17.5 Å². The summed E-state index contributed by atoms with van der Waals surface area (Å²) in [4.78, 5) is 4.03. The fourth-order valence-electron chi connectivity index (χ4n) is 1.42. The highest BCUT2D eigenvalue weighted by molar-refractivity contribution is 5.09. The molecule has 1 aromatic rings. The first-order valence-electron chi connectivity index (χ1n) is 5.49. The van der Waals surface area contributed by atoms with E-state index >= 15 is 0 Å². The average molecular weight is 226 g/mol. The quantitative estimate of drug-likeness (QED) is 0.807. The molecule has 0 fully saturated rings. The third-order valence-electron chi connectivity index (χ3n) is 2.30. The zero-order valence-electron chi connectivity index (χ0n) is 10.00. The van der Waals surface area contributed by atoms with Crippen LogP contribution in [-0.2, 0) is 0 Å². The van der Waals surface area contributed by atoms with Crippen LogP contribution in [0.3, 0.4) is 0 Å². The van der Waals surface area contributed by atoms with Crippen LogP contribution >= 0.6 is 0 Å². The molecule has 2 N–H and O–H groups in total. The Hall–Kier alpha value is -1.00. The van der Waals surface area contributed by atoms with Crippen LogP contribution in [0.15, 0.2) is 18.3 Å². The van der Waals surface area contributed by atoms with Crippen molar-refractivity contribution < 1.29 is 9.50 Å². The molecule has 1 unspecified atom stereocenters. The third kappa shape index (κ3) is 4.24. The number of nitrogens with zero attached hydrogens (tertiary/aromatic N) is 1. The minimum absolute atomic E-state index is 0.0482. The van der Waals surface area contributed by atoms with Crippen LogP contribution in [-0.4, -0.2) is 22.2 Å². The van der Waals surface area contributed by atoms with E-state index in [4.69, 9.17) is 0 Å². The molecule has 0 spiro atoms. The van der Waals surface area contributed by atoms with E-state index in [1.807, 2.05) is 6.92 Å². The van der Waals surface area contributed by atoms with E-state index in [1.54, 1.807) is 19.9 Å². The fraction of sp³-hybridized carbons (Fsp3) is 0.583. The van der Waals surface area contributed by atoms with Crippen molar-refractivity contribution in [1.82, 2.24) is 10.3 Å². The van der Waals surface area contributed by atoms with E-state index in [1.165, 1.54) is 12.3 Å². The first-order chi connectivity index (χ1) is 7.42. The molecule has 0 saturated carbocycles. The minimum atomic E-state index is -0.756. The Labute approximate surface area is 95.7 Å². The molecule has 1 rings (SSSR count). The number of hydrogen-bond acceptors (Lipinski definition) is 3. The number of aromatic nitrogens is 1. The van der Waals surface area contributed by atoms with Crippen molar-refractivity contribution in [2.24, 2.45) is 0 Å². The molecule has 0 saturated heterocycles. The lowest BCUT2D eigenvalue weighted by Gasteiger charge is -2.23. The zero-order valence-corrected chi connectivity index (χ0v) is 10.00. The molecule has 0 bridgehead atoms. The van der Waals surface area contributed by atoms with Crippen molar-refractivity contribution in [2.75, 3.05) is 6.54 Å². The summed E-state index contributed by atoms with van der Waals surface area (Å²) in [5.41, 5.74) is 0.0427. The van der Waals surface area contributed by atoms with Gasteiger partial charge in [0, 0.05) is 12.6 Å². The van der Waals surface area contributed by atoms with Gasteiger partial charge in [-0.2, -0.15) is 0 Å². The summed E-state index contributed by atoms with van der Waals surface area (Å²) in [6, 6.07) is 3.12. The zero-order chi connectivity index (χ0) is 12.2. The number of rotatable bonds is 5. The molecule has 0 amide bonds. The summed E-state index contributed by atoms with van der Waals surface area (Å²) in [6.45, 7) is 5.98. The topological polar surface area (TPSA) is 45.1 Å². The van der Waals surface area contributed by atoms with E-state index in [2.05, 4.69) is 10.3 Å². The van der Waals surface area contributed by atoms with E-state index in [-0.39, 0.29) is 11.9 Å². The van der Waals surface area contributed by atoms with Crippen molar-refractivity contribution in [3.63, 3.8) is 0 Å². The average Bonchev–Trinajstić information content (AvgIpc) is 2.20. The summed E-state index contributed by atoms with van der Waals surface area (Å²) in [5.74, 6) is -0.332. The van der Waals surface area contributed by atoms with E-state index in [0.717, 1.165) is 12.1 Å². The van der Waals surface area contributed by atoms with Crippen molar-refractivity contribution in [3.8, 4) is 0 Å². The maximum atomic E-state index is 12.7. The van der Waals surface area contributed by atoms with Gasteiger partial charge in [0.2, 0.25) is 0 Å². The van der Waals surface area contributed by atoms with Crippen molar-refractivity contribution in [3.05, 3.63) is 29.8 Å². The molecule has 0 aliphatic carbocycles. The lowest BCUT2D eigenvalue weighted by Crippen LogP contribution is -2.37. The van der Waals surface area contributed by atoms with Crippen LogP contribution in [0.25, 0.3) is 0 Å². The highest BCUT2D eigenvalue weighted by Gasteiger charge is 2.16. The van der Waals surface area contributed by atoms with Crippen LogP contribution in [0, 0.1) is 5.82 Å². The summed E-state index contributed by atoms with van der Waals surface area (Å²) in [5, 5.41) is 12.8. The minimum Gasteiger partial charge on any atom is -0.389 e. The van der Waals surface area contributed by atoms with Gasteiger partial charge in [-0.1, -0.05) is 6.92 Å². The molecule has 1 heterocycles. The van der Waals surface area contributed by atoms with Gasteiger partial charge in [-0.3, -0.25) is 4.98 Å². The maximum absolute atomic E-state index is 12.7. The second kappa shape index (κ2) is 5.37. The summed E-state index contributed by atoms with van der Waals surface area (Å²) < 4.78 is 12.7. The fourth-order valence-corrected chi connectivity index (χ4v) is 1.42. The standard InChI is InChI=1S/C12H19FN2O/c1-4-10(15-8-12(2,3)16)11-6-5-9(13)7-14-11/h5-7,10,15-16H,4,8H2,1-3H3. The predicted molar refractivity (Wildman–Crippen MR) is 61.5 cm³/mol. The molecular weight excluding hydrogens is 207 g/mol. The van der Waals surface area contributed by atoms with E-state index < -0.39 is 5.60 Å². The SMILES string of the molecule is CCC(NCC(C)(C)O)c1ccc(F)cn1. The van der Waals surface area contributed by atoms with Crippen LogP contribution in [0.5, 0.6) is 0 Å². The molecule has 90 valence electrons. The Kier molecular flexibility index (Phi) is 4.38. The van der Waals surface area contributed by atoms with Crippen molar-refractivity contribution in [2.45, 2.75) is 38.8 Å². The van der Waals surface area contributed by atoms with Gasteiger partial charge in [-0.15, -0.1) is 0 Å². The highest BCUT2D eigenvalue weighted by atomic mass is 19.1. The molecule has 1 aromatic heterocycles. The monoisotopic (exact) mass is 226 g/mol. The molecular formula is C12H19FN2O. The first kappa shape index (κ1) is 13.1. The smallest absolute Gasteiger partial charge is 0.141 e.